The molecule has 1 aliphatic rings. The van der Waals surface area contributed by atoms with E-state index < -0.39 is 11.9 Å². The maximum absolute atomic E-state index is 12.0. The first-order chi connectivity index (χ1) is 11.4. The van der Waals surface area contributed by atoms with Gasteiger partial charge in [-0.05, 0) is 25.5 Å². The van der Waals surface area contributed by atoms with Gasteiger partial charge in [-0.2, -0.15) is 0 Å². The third kappa shape index (κ3) is 3.95. The minimum atomic E-state index is -0.628. The van der Waals surface area contributed by atoms with Gasteiger partial charge >= 0.3 is 0 Å². The molecule has 0 saturated carbocycles. The Hall–Kier alpha value is -1.89. The minimum absolute atomic E-state index is 0.113. The van der Waals surface area contributed by atoms with Crippen LogP contribution in [0.15, 0.2) is 36.9 Å². The Morgan fingerprint density at radius 2 is 2.04 bits per heavy atom. The normalized spacial score (nSPS) is 26.2. The molecule has 2 rings (SSSR count). The fourth-order valence-electron chi connectivity index (χ4n) is 2.64. The van der Waals surface area contributed by atoms with Crippen LogP contribution in [0.5, 0.6) is 5.75 Å². The number of rotatable bonds is 7. The Balaban J connectivity index is 2.06. The lowest BCUT2D eigenvalue weighted by Gasteiger charge is -2.27. The number of benzene rings is 1. The lowest BCUT2D eigenvalue weighted by Crippen LogP contribution is -2.37. The zero-order chi connectivity index (χ0) is 17.7. The average Bonchev–Trinajstić information content (AvgIpc) is 2.96. The van der Waals surface area contributed by atoms with Crippen LogP contribution < -0.4 is 4.74 Å². The Labute approximate surface area is 142 Å². The van der Waals surface area contributed by atoms with Crippen molar-refractivity contribution in [3.05, 3.63) is 42.5 Å². The van der Waals surface area contributed by atoms with E-state index in [1.165, 1.54) is 12.2 Å². The summed E-state index contributed by atoms with van der Waals surface area (Å²) in [6.45, 7) is 5.76. The van der Waals surface area contributed by atoms with Crippen molar-refractivity contribution >= 4 is 5.91 Å². The number of ether oxygens (including phenoxy) is 3. The van der Waals surface area contributed by atoms with E-state index in [1.54, 1.807) is 20.2 Å². The molecule has 1 amide bonds. The van der Waals surface area contributed by atoms with Crippen LogP contribution in [0.1, 0.15) is 31.6 Å². The van der Waals surface area contributed by atoms with Gasteiger partial charge in [-0.3, -0.25) is 9.63 Å². The zero-order valence-corrected chi connectivity index (χ0v) is 14.7. The summed E-state index contributed by atoms with van der Waals surface area (Å²) in [6.07, 6.45) is 1.71. The maximum atomic E-state index is 12.0. The van der Waals surface area contributed by atoms with Gasteiger partial charge in [-0.1, -0.05) is 18.2 Å². The van der Waals surface area contributed by atoms with Gasteiger partial charge in [0.1, 0.15) is 11.9 Å². The van der Waals surface area contributed by atoms with Gasteiger partial charge in [-0.25, -0.2) is 5.06 Å². The van der Waals surface area contributed by atoms with Crippen molar-refractivity contribution in [1.82, 2.24) is 5.06 Å². The van der Waals surface area contributed by atoms with E-state index in [0.29, 0.717) is 12.8 Å². The molecule has 1 unspecified atom stereocenters. The topological polar surface area (TPSA) is 57.2 Å². The molecule has 1 aromatic carbocycles. The van der Waals surface area contributed by atoms with Crippen LogP contribution in [0.2, 0.25) is 0 Å². The van der Waals surface area contributed by atoms with Crippen LogP contribution in [0.3, 0.4) is 0 Å². The minimum Gasteiger partial charge on any atom is -0.497 e. The molecule has 1 aliphatic heterocycles. The first-order valence-corrected chi connectivity index (χ1v) is 7.84. The molecule has 0 N–H and O–H groups in total. The molecule has 1 fully saturated rings. The van der Waals surface area contributed by atoms with E-state index in [9.17, 15) is 4.79 Å². The number of amides is 1. The van der Waals surface area contributed by atoms with Crippen LogP contribution >= 0.6 is 0 Å². The molecule has 24 heavy (non-hydrogen) atoms. The summed E-state index contributed by atoms with van der Waals surface area (Å²) in [5.41, 5.74) is 0.267. The third-order valence-electron chi connectivity index (χ3n) is 4.31. The maximum Gasteiger partial charge on any atom is 0.245 e. The molecule has 0 radical (unpaired) electrons. The number of carbonyl (C=O) groups is 1. The summed E-state index contributed by atoms with van der Waals surface area (Å²) < 4.78 is 17.3. The molecular weight excluding hydrogens is 310 g/mol. The lowest BCUT2D eigenvalue weighted by molar-refractivity contribution is -0.170. The van der Waals surface area contributed by atoms with E-state index in [0.717, 1.165) is 11.3 Å². The van der Waals surface area contributed by atoms with Gasteiger partial charge < -0.3 is 14.2 Å². The van der Waals surface area contributed by atoms with E-state index in [-0.39, 0.29) is 12.0 Å². The molecule has 132 valence electrons. The van der Waals surface area contributed by atoms with Gasteiger partial charge in [-0.15, -0.1) is 6.58 Å². The number of hydrogen-bond donors (Lipinski definition) is 0. The highest BCUT2D eigenvalue weighted by molar-refractivity contribution is 5.74. The second kappa shape index (κ2) is 7.79. The summed E-state index contributed by atoms with van der Waals surface area (Å²) >= 11 is 0. The largest absolute Gasteiger partial charge is 0.497 e. The molecule has 0 aliphatic carbocycles. The molecule has 1 aromatic rings. The van der Waals surface area contributed by atoms with Crippen LogP contribution in [-0.4, -0.2) is 43.9 Å². The quantitative estimate of drug-likeness (QED) is 0.566. The SMILES string of the molecule is C=C[C@@H]1OC(c2ccc(OC)cc2)O[C@]1(C)CCC(=O)N(C)OC. The number of methoxy groups -OCH3 is 1. The van der Waals surface area contributed by atoms with Gasteiger partial charge in [0, 0.05) is 19.0 Å². The molecule has 3 atom stereocenters. The Bertz CT molecular complexity index is 573. The van der Waals surface area contributed by atoms with Gasteiger partial charge in [0.15, 0.2) is 6.29 Å². The summed E-state index contributed by atoms with van der Waals surface area (Å²) in [5, 5.41) is 1.21. The molecule has 0 bridgehead atoms. The first kappa shape index (κ1) is 18.4. The molecule has 1 saturated heterocycles. The summed E-state index contributed by atoms with van der Waals surface area (Å²) in [7, 11) is 4.67. The lowest BCUT2D eigenvalue weighted by atomic mass is 9.93. The van der Waals surface area contributed by atoms with Crippen molar-refractivity contribution < 1.29 is 23.8 Å². The molecule has 6 nitrogen and oxygen atoms in total. The fourth-order valence-corrected chi connectivity index (χ4v) is 2.64. The van der Waals surface area contributed by atoms with E-state index in [4.69, 9.17) is 19.0 Å². The Morgan fingerprint density at radius 1 is 1.38 bits per heavy atom. The fraction of sp³-hybridized carbons (Fsp3) is 0.500. The third-order valence-corrected chi connectivity index (χ3v) is 4.31. The van der Waals surface area contributed by atoms with Gasteiger partial charge in [0.05, 0.1) is 19.8 Å². The highest BCUT2D eigenvalue weighted by Crippen LogP contribution is 2.41. The van der Waals surface area contributed by atoms with Crippen molar-refractivity contribution in [3.8, 4) is 5.75 Å². The summed E-state index contributed by atoms with van der Waals surface area (Å²) in [6, 6.07) is 7.52. The molecular formula is C18H25NO5. The van der Waals surface area contributed by atoms with E-state index in [1.807, 2.05) is 31.2 Å². The van der Waals surface area contributed by atoms with Crippen LogP contribution in [-0.2, 0) is 19.1 Å². The smallest absolute Gasteiger partial charge is 0.245 e. The second-order valence-electron chi connectivity index (χ2n) is 5.90. The van der Waals surface area contributed by atoms with Crippen molar-refractivity contribution in [3.63, 3.8) is 0 Å². The number of hydrogen-bond acceptors (Lipinski definition) is 5. The van der Waals surface area contributed by atoms with Crippen LogP contribution in [0, 0.1) is 0 Å². The highest BCUT2D eigenvalue weighted by atomic mass is 16.7. The van der Waals surface area contributed by atoms with Crippen molar-refractivity contribution in [2.75, 3.05) is 21.3 Å². The molecule has 6 heteroatoms. The zero-order valence-electron chi connectivity index (χ0n) is 14.7. The standard InChI is InChI=1S/C18H25NO5/c1-6-15-18(2,12-11-16(20)19(3)22-5)24-17(23-15)13-7-9-14(21-4)10-8-13/h6-10,15,17H,1,11-12H2,2-5H3/t15-,17?,18+/m0/s1. The van der Waals surface area contributed by atoms with E-state index in [2.05, 4.69) is 6.58 Å². The molecule has 0 aromatic heterocycles. The number of hydroxylamine groups is 2. The van der Waals surface area contributed by atoms with Crippen molar-refractivity contribution in [1.29, 1.82) is 0 Å². The Kier molecular flexibility index (Phi) is 5.99. The molecule has 0 spiro atoms. The predicted molar refractivity (Wildman–Crippen MR) is 89.3 cm³/mol. The second-order valence-corrected chi connectivity index (χ2v) is 5.90. The van der Waals surface area contributed by atoms with Gasteiger partial charge in [0.2, 0.25) is 5.91 Å². The number of nitrogens with zero attached hydrogens (tertiary/aromatic N) is 1. The van der Waals surface area contributed by atoms with Crippen molar-refractivity contribution in [2.24, 2.45) is 0 Å². The monoisotopic (exact) mass is 335 g/mol. The Morgan fingerprint density at radius 3 is 2.58 bits per heavy atom. The van der Waals surface area contributed by atoms with E-state index >= 15 is 0 Å². The van der Waals surface area contributed by atoms with Crippen LogP contribution in [0.4, 0.5) is 0 Å². The summed E-state index contributed by atoms with van der Waals surface area (Å²) in [4.78, 5) is 16.9. The highest BCUT2D eigenvalue weighted by Gasteiger charge is 2.45. The van der Waals surface area contributed by atoms with Crippen molar-refractivity contribution in [2.45, 2.75) is 37.8 Å². The van der Waals surface area contributed by atoms with Crippen LogP contribution in [0.25, 0.3) is 0 Å². The molecule has 1 heterocycles. The first-order valence-electron chi connectivity index (χ1n) is 7.84. The summed E-state index contributed by atoms with van der Waals surface area (Å²) in [5.74, 6) is 0.658. The average molecular weight is 335 g/mol. The predicted octanol–water partition coefficient (Wildman–Crippen LogP) is 2.85. The number of carbonyl (C=O) groups excluding carboxylic acids is 1. The van der Waals surface area contributed by atoms with Gasteiger partial charge in [0.25, 0.3) is 0 Å².